The van der Waals surface area contributed by atoms with Crippen LogP contribution in [0.5, 0.6) is 0 Å². The average Bonchev–Trinajstić information content (AvgIpc) is 2.86. The molecule has 2 amide bonds. The third kappa shape index (κ3) is 4.51. The second-order valence-corrected chi connectivity index (χ2v) is 6.82. The molecule has 25 heavy (non-hydrogen) atoms. The predicted molar refractivity (Wildman–Crippen MR) is 94.1 cm³/mol. The molecular weight excluding hydrogens is 344 g/mol. The first-order chi connectivity index (χ1) is 11.8. The van der Waals surface area contributed by atoms with Gasteiger partial charge in [-0.25, -0.2) is 0 Å². The van der Waals surface area contributed by atoms with Crippen molar-refractivity contribution in [3.05, 3.63) is 34.9 Å². The summed E-state index contributed by atoms with van der Waals surface area (Å²) in [6.07, 6.45) is 1.32. The van der Waals surface area contributed by atoms with Crippen LogP contribution in [-0.4, -0.2) is 41.4 Å². The summed E-state index contributed by atoms with van der Waals surface area (Å²) in [5, 5.41) is 12.5. The van der Waals surface area contributed by atoms with Crippen molar-refractivity contribution in [2.45, 2.75) is 32.2 Å². The summed E-state index contributed by atoms with van der Waals surface area (Å²) >= 11 is 6.04. The Morgan fingerprint density at radius 3 is 2.76 bits per heavy atom. The molecule has 0 aromatic heterocycles. The minimum Gasteiger partial charge on any atom is -0.481 e. The van der Waals surface area contributed by atoms with E-state index in [0.717, 1.165) is 12.0 Å². The second kappa shape index (κ2) is 8.34. The highest BCUT2D eigenvalue weighted by molar-refractivity contribution is 6.30. The van der Waals surface area contributed by atoms with Crippen LogP contribution < -0.4 is 5.32 Å². The Balaban J connectivity index is 2.13. The van der Waals surface area contributed by atoms with E-state index in [1.165, 1.54) is 0 Å². The maximum absolute atomic E-state index is 12.6. The molecule has 1 aliphatic rings. The van der Waals surface area contributed by atoms with Crippen molar-refractivity contribution in [3.8, 4) is 0 Å². The van der Waals surface area contributed by atoms with Crippen molar-refractivity contribution >= 4 is 29.4 Å². The summed E-state index contributed by atoms with van der Waals surface area (Å²) in [6.45, 7) is 1.97. The summed E-state index contributed by atoms with van der Waals surface area (Å²) in [6, 6.07) is 6.70. The molecule has 1 heterocycles. The van der Waals surface area contributed by atoms with E-state index in [1.807, 2.05) is 13.0 Å². The van der Waals surface area contributed by atoms with Gasteiger partial charge in [0.1, 0.15) is 0 Å². The van der Waals surface area contributed by atoms with Gasteiger partial charge in [-0.15, -0.1) is 0 Å². The van der Waals surface area contributed by atoms with Gasteiger partial charge >= 0.3 is 5.97 Å². The van der Waals surface area contributed by atoms with E-state index in [1.54, 1.807) is 30.1 Å². The fourth-order valence-corrected chi connectivity index (χ4v) is 3.47. The van der Waals surface area contributed by atoms with Crippen LogP contribution >= 0.6 is 11.6 Å². The zero-order chi connectivity index (χ0) is 18.6. The highest BCUT2D eigenvalue weighted by Crippen LogP contribution is 2.37. The van der Waals surface area contributed by atoms with E-state index in [4.69, 9.17) is 11.6 Å². The molecular formula is C18H23ClN2O4. The van der Waals surface area contributed by atoms with Gasteiger partial charge in [0.2, 0.25) is 11.8 Å². The van der Waals surface area contributed by atoms with E-state index in [9.17, 15) is 19.5 Å². The quantitative estimate of drug-likeness (QED) is 0.776. The standard InChI is InChI=1S/C18H23ClN2O4/c1-3-5-12(18(24)25)10-20-17(23)14-9-15(22)21(2)16(14)11-6-4-7-13(19)8-11/h4,6-8,12,14,16H,3,5,9-10H2,1-2H3,(H,20,23)(H,24,25). The number of amides is 2. The van der Waals surface area contributed by atoms with E-state index >= 15 is 0 Å². The number of halogens is 1. The SMILES string of the molecule is CCCC(CNC(=O)C1CC(=O)N(C)C1c1cccc(Cl)c1)C(=O)O. The van der Waals surface area contributed by atoms with Gasteiger partial charge in [-0.2, -0.15) is 0 Å². The molecule has 2 rings (SSSR count). The van der Waals surface area contributed by atoms with Crippen molar-refractivity contribution in [2.24, 2.45) is 11.8 Å². The fourth-order valence-electron chi connectivity index (χ4n) is 3.27. The Morgan fingerprint density at radius 2 is 2.16 bits per heavy atom. The number of carbonyl (C=O) groups is 3. The van der Waals surface area contributed by atoms with Crippen LogP contribution in [0.1, 0.15) is 37.8 Å². The first-order valence-electron chi connectivity index (χ1n) is 8.36. The summed E-state index contributed by atoms with van der Waals surface area (Å²) < 4.78 is 0. The van der Waals surface area contributed by atoms with Crippen molar-refractivity contribution in [2.75, 3.05) is 13.6 Å². The molecule has 3 atom stereocenters. The minimum absolute atomic E-state index is 0.0681. The Bertz CT molecular complexity index is 664. The van der Waals surface area contributed by atoms with E-state index in [2.05, 4.69) is 5.32 Å². The molecule has 1 aromatic rings. The Morgan fingerprint density at radius 1 is 1.44 bits per heavy atom. The Hall–Kier alpha value is -2.08. The lowest BCUT2D eigenvalue weighted by atomic mass is 9.92. The fraction of sp³-hybridized carbons (Fsp3) is 0.500. The lowest BCUT2D eigenvalue weighted by molar-refractivity contribution is -0.142. The molecule has 136 valence electrons. The Labute approximate surface area is 152 Å². The molecule has 0 radical (unpaired) electrons. The average molecular weight is 367 g/mol. The van der Waals surface area contributed by atoms with Crippen molar-refractivity contribution < 1.29 is 19.5 Å². The monoisotopic (exact) mass is 366 g/mol. The van der Waals surface area contributed by atoms with Crippen LogP contribution in [0.4, 0.5) is 0 Å². The van der Waals surface area contributed by atoms with Gasteiger partial charge in [-0.05, 0) is 24.1 Å². The smallest absolute Gasteiger partial charge is 0.308 e. The number of nitrogens with one attached hydrogen (secondary N) is 1. The maximum Gasteiger partial charge on any atom is 0.308 e. The molecule has 7 heteroatoms. The van der Waals surface area contributed by atoms with Crippen LogP contribution in [0.2, 0.25) is 5.02 Å². The van der Waals surface area contributed by atoms with Gasteiger partial charge in [0.15, 0.2) is 0 Å². The van der Waals surface area contributed by atoms with Crippen LogP contribution in [0, 0.1) is 11.8 Å². The summed E-state index contributed by atoms with van der Waals surface area (Å²) in [7, 11) is 1.67. The number of likely N-dealkylation sites (tertiary alicyclic amines) is 1. The van der Waals surface area contributed by atoms with E-state index < -0.39 is 23.8 Å². The zero-order valence-corrected chi connectivity index (χ0v) is 15.1. The summed E-state index contributed by atoms with van der Waals surface area (Å²) in [4.78, 5) is 37.5. The largest absolute Gasteiger partial charge is 0.481 e. The number of carboxylic acids is 1. The molecule has 1 aromatic carbocycles. The Kier molecular flexibility index (Phi) is 6.42. The highest BCUT2D eigenvalue weighted by atomic mass is 35.5. The van der Waals surface area contributed by atoms with Gasteiger partial charge in [0, 0.05) is 25.0 Å². The van der Waals surface area contributed by atoms with Crippen LogP contribution in [0.3, 0.4) is 0 Å². The number of carboxylic acid groups (broad SMARTS) is 1. The van der Waals surface area contributed by atoms with Gasteiger partial charge in [0.05, 0.1) is 17.9 Å². The van der Waals surface area contributed by atoms with Crippen molar-refractivity contribution in [1.29, 1.82) is 0 Å². The number of carbonyl (C=O) groups excluding carboxylic acids is 2. The van der Waals surface area contributed by atoms with Crippen LogP contribution in [-0.2, 0) is 14.4 Å². The molecule has 1 aliphatic heterocycles. The molecule has 0 spiro atoms. The van der Waals surface area contributed by atoms with Crippen molar-refractivity contribution in [1.82, 2.24) is 10.2 Å². The van der Waals surface area contributed by atoms with Crippen LogP contribution in [0.25, 0.3) is 0 Å². The summed E-state index contributed by atoms with van der Waals surface area (Å²) in [5.74, 6) is -2.52. The maximum atomic E-state index is 12.6. The van der Waals surface area contributed by atoms with E-state index in [0.29, 0.717) is 11.4 Å². The van der Waals surface area contributed by atoms with E-state index in [-0.39, 0.29) is 24.8 Å². The third-order valence-electron chi connectivity index (χ3n) is 4.62. The normalized spacial score (nSPS) is 21.2. The molecule has 0 saturated carbocycles. The van der Waals surface area contributed by atoms with Gasteiger partial charge in [-0.1, -0.05) is 37.1 Å². The van der Waals surface area contributed by atoms with Crippen LogP contribution in [0.15, 0.2) is 24.3 Å². The molecule has 3 unspecified atom stereocenters. The first kappa shape index (κ1) is 19.2. The highest BCUT2D eigenvalue weighted by Gasteiger charge is 2.42. The number of aliphatic carboxylic acids is 1. The van der Waals surface area contributed by atoms with Gasteiger partial charge in [0.25, 0.3) is 0 Å². The molecule has 1 fully saturated rings. The topological polar surface area (TPSA) is 86.7 Å². The lowest BCUT2D eigenvalue weighted by Crippen LogP contribution is -2.38. The zero-order valence-electron chi connectivity index (χ0n) is 14.4. The van der Waals surface area contributed by atoms with Gasteiger partial charge < -0.3 is 15.3 Å². The predicted octanol–water partition coefficient (Wildman–Crippen LogP) is 2.48. The number of hydrogen-bond acceptors (Lipinski definition) is 3. The third-order valence-corrected chi connectivity index (χ3v) is 4.86. The molecule has 6 nitrogen and oxygen atoms in total. The minimum atomic E-state index is -0.923. The number of benzene rings is 1. The lowest BCUT2D eigenvalue weighted by Gasteiger charge is -2.25. The number of hydrogen-bond donors (Lipinski definition) is 2. The molecule has 0 bridgehead atoms. The second-order valence-electron chi connectivity index (χ2n) is 6.38. The number of rotatable bonds is 7. The number of nitrogens with zero attached hydrogens (tertiary/aromatic N) is 1. The van der Waals surface area contributed by atoms with Gasteiger partial charge in [-0.3, -0.25) is 14.4 Å². The summed E-state index contributed by atoms with van der Waals surface area (Å²) in [5.41, 5.74) is 0.796. The molecule has 1 saturated heterocycles. The molecule has 2 N–H and O–H groups in total. The first-order valence-corrected chi connectivity index (χ1v) is 8.74. The molecule has 0 aliphatic carbocycles. The van der Waals surface area contributed by atoms with Crippen molar-refractivity contribution in [3.63, 3.8) is 0 Å².